The van der Waals surface area contributed by atoms with Crippen LogP contribution in [0.5, 0.6) is 0 Å². The highest BCUT2D eigenvalue weighted by Crippen LogP contribution is 2.30. The molecule has 11 nitrogen and oxygen atoms in total. The van der Waals surface area contributed by atoms with Gasteiger partial charge < -0.3 is 30.2 Å². The molecule has 4 unspecified atom stereocenters. The largest absolute Gasteiger partial charge is 0.431 e. The standard InChI is InChI=1S/C18H25N3O8S2/c1-30-9-8-13(22)15(24)18(26,14(23)11-6-4-3-5-7-11)20-16(25)12-10-29-17(19-12)21-31(2,27)28/h3-7,10,13-15,22-24,26H,8-9H2,1-2H3,(H,19,21)(H,20,25). The Hall–Kier alpha value is -2.16. The number of carbonyl (C=O) groups is 1. The second kappa shape index (κ2) is 10.4. The molecule has 1 aromatic carbocycles. The monoisotopic (exact) mass is 475 g/mol. The Kier molecular flexibility index (Phi) is 8.45. The summed E-state index contributed by atoms with van der Waals surface area (Å²) in [5.74, 6) is -0.632. The molecule has 0 radical (unpaired) electrons. The molecule has 4 atom stereocenters. The van der Waals surface area contributed by atoms with Crippen molar-refractivity contribution in [3.8, 4) is 0 Å². The Balaban J connectivity index is 2.32. The molecule has 31 heavy (non-hydrogen) atoms. The second-order valence-electron chi connectivity index (χ2n) is 6.80. The topological polar surface area (TPSA) is 182 Å². The number of amides is 1. The zero-order valence-electron chi connectivity index (χ0n) is 16.8. The summed E-state index contributed by atoms with van der Waals surface area (Å²) < 4.78 is 29.3. The van der Waals surface area contributed by atoms with E-state index >= 15 is 0 Å². The van der Waals surface area contributed by atoms with Crippen LogP contribution < -0.4 is 10.0 Å². The highest BCUT2D eigenvalue weighted by atomic mass is 32.2. The molecule has 0 aliphatic rings. The third kappa shape index (κ3) is 6.66. The van der Waals surface area contributed by atoms with Crippen LogP contribution in [-0.4, -0.2) is 75.9 Å². The minimum atomic E-state index is -3.71. The van der Waals surface area contributed by atoms with Gasteiger partial charge in [-0.25, -0.2) is 13.1 Å². The fourth-order valence-corrected chi connectivity index (χ4v) is 3.60. The van der Waals surface area contributed by atoms with Crippen molar-refractivity contribution in [2.75, 3.05) is 23.0 Å². The minimum Gasteiger partial charge on any atom is -0.431 e. The molecule has 0 aliphatic heterocycles. The molecule has 6 N–H and O–H groups in total. The van der Waals surface area contributed by atoms with Gasteiger partial charge in [0.05, 0.1) is 12.4 Å². The zero-order valence-corrected chi connectivity index (χ0v) is 18.4. The Morgan fingerprint density at radius 3 is 2.48 bits per heavy atom. The maximum Gasteiger partial charge on any atom is 0.309 e. The third-order valence-electron chi connectivity index (χ3n) is 4.29. The third-order valence-corrected chi connectivity index (χ3v) is 5.48. The molecule has 172 valence electrons. The summed E-state index contributed by atoms with van der Waals surface area (Å²) in [7, 11) is -3.71. The predicted molar refractivity (Wildman–Crippen MR) is 114 cm³/mol. The van der Waals surface area contributed by atoms with Gasteiger partial charge in [-0.3, -0.25) is 4.79 Å². The molecule has 1 amide bonds. The van der Waals surface area contributed by atoms with Crippen LogP contribution in [0.3, 0.4) is 0 Å². The molecule has 0 fully saturated rings. The van der Waals surface area contributed by atoms with Gasteiger partial charge in [0.1, 0.15) is 18.5 Å². The average molecular weight is 476 g/mol. The summed E-state index contributed by atoms with van der Waals surface area (Å²) in [6, 6.07) is 7.28. The van der Waals surface area contributed by atoms with E-state index in [1.165, 1.54) is 23.9 Å². The molecular formula is C18H25N3O8S2. The van der Waals surface area contributed by atoms with Gasteiger partial charge >= 0.3 is 6.01 Å². The lowest BCUT2D eigenvalue weighted by atomic mass is 9.89. The van der Waals surface area contributed by atoms with Gasteiger partial charge in [0.15, 0.2) is 11.4 Å². The Morgan fingerprint density at radius 1 is 1.26 bits per heavy atom. The van der Waals surface area contributed by atoms with Gasteiger partial charge in [-0.1, -0.05) is 30.3 Å². The van der Waals surface area contributed by atoms with Gasteiger partial charge in [-0.15, -0.1) is 0 Å². The molecule has 1 heterocycles. The van der Waals surface area contributed by atoms with Crippen molar-refractivity contribution >= 4 is 33.7 Å². The maximum absolute atomic E-state index is 12.6. The lowest BCUT2D eigenvalue weighted by Gasteiger charge is -2.39. The van der Waals surface area contributed by atoms with Crippen molar-refractivity contribution in [2.24, 2.45) is 0 Å². The Morgan fingerprint density at radius 2 is 1.90 bits per heavy atom. The SMILES string of the molecule is CSCCC(O)C(O)C(O)(NC(=O)c1coc(NS(C)(=O)=O)n1)C(O)c1ccccc1. The van der Waals surface area contributed by atoms with Gasteiger partial charge in [-0.2, -0.15) is 16.7 Å². The molecular weight excluding hydrogens is 450 g/mol. The first-order valence-corrected chi connectivity index (χ1v) is 12.3. The van der Waals surface area contributed by atoms with Crippen molar-refractivity contribution in [3.05, 3.63) is 47.9 Å². The number of nitrogens with zero attached hydrogens (tertiary/aromatic N) is 1. The first-order chi connectivity index (χ1) is 14.5. The minimum absolute atomic E-state index is 0.0778. The fourth-order valence-electron chi connectivity index (χ4n) is 2.71. The van der Waals surface area contributed by atoms with Crippen molar-refractivity contribution < 1.29 is 38.1 Å². The van der Waals surface area contributed by atoms with Gasteiger partial charge in [0.25, 0.3) is 5.91 Å². The lowest BCUT2D eigenvalue weighted by Crippen LogP contribution is -2.63. The molecule has 1 aromatic heterocycles. The summed E-state index contributed by atoms with van der Waals surface area (Å²) in [4.78, 5) is 16.3. The number of nitrogens with one attached hydrogen (secondary N) is 2. The quantitative estimate of drug-likeness (QED) is 0.235. The van der Waals surface area contributed by atoms with Crippen LogP contribution in [0.2, 0.25) is 0 Å². The van der Waals surface area contributed by atoms with Crippen LogP contribution in [0.4, 0.5) is 6.01 Å². The van der Waals surface area contributed by atoms with Crippen molar-refractivity contribution in [2.45, 2.75) is 30.5 Å². The number of sulfonamides is 1. The van der Waals surface area contributed by atoms with Crippen molar-refractivity contribution in [3.63, 3.8) is 0 Å². The number of thioether (sulfide) groups is 1. The van der Waals surface area contributed by atoms with Crippen LogP contribution in [0, 0.1) is 0 Å². The summed E-state index contributed by atoms with van der Waals surface area (Å²) >= 11 is 1.40. The summed E-state index contributed by atoms with van der Waals surface area (Å²) in [6.07, 6.45) is -1.72. The van der Waals surface area contributed by atoms with Crippen LogP contribution in [0.15, 0.2) is 41.0 Å². The molecule has 0 aliphatic carbocycles. The van der Waals surface area contributed by atoms with E-state index in [9.17, 15) is 33.6 Å². The first kappa shape index (κ1) is 25.1. The molecule has 13 heteroatoms. The normalized spacial score (nSPS) is 16.7. The van der Waals surface area contributed by atoms with E-state index in [0.717, 1.165) is 12.5 Å². The molecule has 2 aromatic rings. The van der Waals surface area contributed by atoms with Crippen LogP contribution in [-0.2, 0) is 10.0 Å². The van der Waals surface area contributed by atoms with Gasteiger partial charge in [0, 0.05) is 0 Å². The predicted octanol–water partition coefficient (Wildman–Crippen LogP) is -0.327. The second-order valence-corrected chi connectivity index (χ2v) is 9.53. The number of oxazole rings is 1. The van der Waals surface area contributed by atoms with E-state index in [2.05, 4.69) is 10.3 Å². The molecule has 2 rings (SSSR count). The van der Waals surface area contributed by atoms with E-state index in [1.807, 2.05) is 4.72 Å². The number of aromatic nitrogens is 1. The van der Waals surface area contributed by atoms with Crippen LogP contribution in [0.25, 0.3) is 0 Å². The van der Waals surface area contributed by atoms with Gasteiger partial charge in [0.2, 0.25) is 10.0 Å². The smallest absolute Gasteiger partial charge is 0.309 e. The van der Waals surface area contributed by atoms with E-state index in [4.69, 9.17) is 4.42 Å². The first-order valence-electron chi connectivity index (χ1n) is 9.04. The van der Waals surface area contributed by atoms with E-state index < -0.39 is 51.7 Å². The lowest BCUT2D eigenvalue weighted by molar-refractivity contribution is -0.190. The van der Waals surface area contributed by atoms with E-state index in [0.29, 0.717) is 5.75 Å². The number of hydrogen-bond donors (Lipinski definition) is 6. The zero-order chi connectivity index (χ0) is 23.2. The van der Waals surface area contributed by atoms with E-state index in [-0.39, 0.29) is 12.0 Å². The number of rotatable bonds is 11. The number of carbonyl (C=O) groups excluding carboxylic acids is 1. The highest BCUT2D eigenvalue weighted by molar-refractivity contribution is 7.98. The molecule has 0 saturated carbocycles. The Labute approximate surface area is 183 Å². The molecule has 0 bridgehead atoms. The number of hydrogen-bond acceptors (Lipinski definition) is 10. The number of aliphatic hydroxyl groups excluding tert-OH is 3. The van der Waals surface area contributed by atoms with E-state index in [1.54, 1.807) is 24.5 Å². The summed E-state index contributed by atoms with van der Waals surface area (Å²) in [6.45, 7) is 0. The number of benzene rings is 1. The molecule has 0 spiro atoms. The maximum atomic E-state index is 12.6. The average Bonchev–Trinajstić information content (AvgIpc) is 3.18. The number of anilines is 1. The van der Waals surface area contributed by atoms with Crippen molar-refractivity contribution in [1.29, 1.82) is 0 Å². The van der Waals surface area contributed by atoms with Crippen LogP contribution >= 0.6 is 11.8 Å². The summed E-state index contributed by atoms with van der Waals surface area (Å²) in [5.41, 5.74) is -2.98. The molecule has 0 saturated heterocycles. The van der Waals surface area contributed by atoms with Gasteiger partial charge in [-0.05, 0) is 24.0 Å². The Bertz CT molecular complexity index is 969. The van der Waals surface area contributed by atoms with Crippen LogP contribution in [0.1, 0.15) is 28.6 Å². The number of aliphatic hydroxyl groups is 4. The summed E-state index contributed by atoms with van der Waals surface area (Å²) in [5, 5.41) is 44.9. The highest BCUT2D eigenvalue weighted by Gasteiger charge is 2.48. The van der Waals surface area contributed by atoms with Crippen molar-refractivity contribution in [1.82, 2.24) is 10.3 Å². The fraction of sp³-hybridized carbons (Fsp3) is 0.444.